The zero-order valence-electron chi connectivity index (χ0n) is 23.7. The SMILES string of the molecule is CC1(C)C/C=C/[C@H](O)[C@@H]2CC[C@H]2CN2C[C@@]3(CCCc4cc(Cl)ccc43)COc3ccc(cc32)S(=O)(=O)NC(=O)C1. The van der Waals surface area contributed by atoms with E-state index in [1.807, 2.05) is 32.1 Å². The van der Waals surface area contributed by atoms with Crippen molar-refractivity contribution in [3.63, 3.8) is 0 Å². The van der Waals surface area contributed by atoms with Crippen molar-refractivity contribution < 1.29 is 23.1 Å². The van der Waals surface area contributed by atoms with Crippen LogP contribution in [0, 0.1) is 17.3 Å². The summed E-state index contributed by atoms with van der Waals surface area (Å²) in [5.74, 6) is 0.465. The van der Waals surface area contributed by atoms with Gasteiger partial charge in [-0.15, -0.1) is 0 Å². The predicted molar refractivity (Wildman–Crippen MR) is 160 cm³/mol. The Hall–Kier alpha value is -2.55. The van der Waals surface area contributed by atoms with Gasteiger partial charge in [-0.25, -0.2) is 13.1 Å². The average Bonchev–Trinajstić information content (AvgIpc) is 3.02. The molecule has 41 heavy (non-hydrogen) atoms. The second-order valence-electron chi connectivity index (χ2n) is 13.2. The number of hydrogen-bond acceptors (Lipinski definition) is 6. The van der Waals surface area contributed by atoms with Gasteiger partial charge >= 0.3 is 0 Å². The van der Waals surface area contributed by atoms with Gasteiger partial charge in [0.05, 0.1) is 23.3 Å². The van der Waals surface area contributed by atoms with E-state index in [-0.39, 0.29) is 28.6 Å². The van der Waals surface area contributed by atoms with Crippen LogP contribution in [-0.4, -0.2) is 45.2 Å². The Balaban J connectivity index is 1.43. The van der Waals surface area contributed by atoms with Crippen molar-refractivity contribution in [3.8, 4) is 5.75 Å². The Bertz CT molecular complexity index is 1490. The molecule has 0 unspecified atom stereocenters. The number of anilines is 1. The first kappa shape index (κ1) is 28.6. The number of hydrogen-bond donors (Lipinski definition) is 2. The maximum atomic E-state index is 13.4. The van der Waals surface area contributed by atoms with Crippen molar-refractivity contribution in [3.05, 3.63) is 64.7 Å². The molecule has 220 valence electrons. The molecule has 2 N–H and O–H groups in total. The van der Waals surface area contributed by atoms with E-state index in [2.05, 4.69) is 21.8 Å². The highest BCUT2D eigenvalue weighted by Crippen LogP contribution is 2.47. The normalized spacial score (nSPS) is 31.5. The molecule has 7 nitrogen and oxygen atoms in total. The summed E-state index contributed by atoms with van der Waals surface area (Å²) in [5, 5.41) is 11.8. The highest BCUT2D eigenvalue weighted by molar-refractivity contribution is 7.90. The number of benzene rings is 2. The first-order valence-corrected chi connectivity index (χ1v) is 16.5. The number of allylic oxidation sites excluding steroid dienone is 1. The quantitative estimate of drug-likeness (QED) is 0.395. The van der Waals surface area contributed by atoms with Crippen LogP contribution in [0.5, 0.6) is 5.75 Å². The molecule has 2 bridgehead atoms. The Morgan fingerprint density at radius 1 is 1.15 bits per heavy atom. The number of aliphatic hydroxyl groups is 1. The summed E-state index contributed by atoms with van der Waals surface area (Å²) in [6.07, 6.45) is 8.71. The molecule has 2 aromatic rings. The number of carbonyl (C=O) groups excluding carboxylic acids is 1. The van der Waals surface area contributed by atoms with Crippen LogP contribution in [0.3, 0.4) is 0 Å². The van der Waals surface area contributed by atoms with Gasteiger partial charge < -0.3 is 14.7 Å². The number of nitrogens with one attached hydrogen (secondary N) is 1. The van der Waals surface area contributed by atoms with Crippen LogP contribution in [-0.2, 0) is 26.7 Å². The number of amides is 1. The highest BCUT2D eigenvalue weighted by Gasteiger charge is 2.44. The standard InChI is InChI=1S/C32H39ClN2O5S/c1-31(2)13-4-6-28(36)25-10-7-22(25)18-35-19-32(14-3-5-21-15-23(33)8-11-26(21)32)20-40-29-12-9-24(16-27(29)35)41(38,39)34-30(37)17-31/h4,6,8-9,11-12,15-16,22,25,28,36H,3,5,7,10,13-14,17-20H2,1-2H3,(H,34,37)/b6-4+/t22-,25+,28-,32-/m0/s1. The van der Waals surface area contributed by atoms with Crippen molar-refractivity contribution in [1.29, 1.82) is 0 Å². The molecule has 2 aliphatic carbocycles. The zero-order chi connectivity index (χ0) is 29.0. The number of ether oxygens (including phenoxy) is 1. The van der Waals surface area contributed by atoms with Gasteiger partial charge in [-0.3, -0.25) is 4.79 Å². The molecule has 2 aliphatic heterocycles. The van der Waals surface area contributed by atoms with E-state index in [0.717, 1.165) is 37.1 Å². The number of carbonyl (C=O) groups is 1. The summed E-state index contributed by atoms with van der Waals surface area (Å²) >= 11 is 6.37. The van der Waals surface area contributed by atoms with Gasteiger partial charge in [-0.2, -0.15) is 0 Å². The summed E-state index contributed by atoms with van der Waals surface area (Å²) < 4.78 is 35.6. The predicted octanol–water partition coefficient (Wildman–Crippen LogP) is 5.38. The lowest BCUT2D eigenvalue weighted by molar-refractivity contribution is -0.121. The fourth-order valence-electron chi connectivity index (χ4n) is 7.24. The Morgan fingerprint density at radius 3 is 2.76 bits per heavy atom. The van der Waals surface area contributed by atoms with Gasteiger partial charge in [0.25, 0.3) is 10.0 Å². The fourth-order valence-corrected chi connectivity index (χ4v) is 8.43. The molecule has 6 rings (SSSR count). The summed E-state index contributed by atoms with van der Waals surface area (Å²) in [7, 11) is -4.08. The second-order valence-corrected chi connectivity index (χ2v) is 15.3. The molecule has 9 heteroatoms. The third-order valence-corrected chi connectivity index (χ3v) is 11.2. The maximum Gasteiger partial charge on any atom is 0.264 e. The number of halogens is 1. The smallest absolute Gasteiger partial charge is 0.264 e. The number of rotatable bonds is 0. The molecule has 1 fully saturated rings. The fraction of sp³-hybridized carbons (Fsp3) is 0.531. The minimum atomic E-state index is -4.08. The molecule has 2 aromatic carbocycles. The van der Waals surface area contributed by atoms with Crippen LogP contribution in [0.4, 0.5) is 5.69 Å². The van der Waals surface area contributed by atoms with E-state index < -0.39 is 27.4 Å². The molecule has 0 radical (unpaired) electrons. The largest absolute Gasteiger partial charge is 0.490 e. The van der Waals surface area contributed by atoms with Crippen molar-refractivity contribution in [1.82, 2.24) is 4.72 Å². The van der Waals surface area contributed by atoms with Gasteiger partial charge in [-0.1, -0.05) is 43.7 Å². The van der Waals surface area contributed by atoms with E-state index in [0.29, 0.717) is 37.6 Å². The van der Waals surface area contributed by atoms with Gasteiger partial charge in [0, 0.05) is 29.9 Å². The van der Waals surface area contributed by atoms with Gasteiger partial charge in [0.2, 0.25) is 5.91 Å². The van der Waals surface area contributed by atoms with Gasteiger partial charge in [0.15, 0.2) is 0 Å². The third-order valence-electron chi connectivity index (χ3n) is 9.58. The summed E-state index contributed by atoms with van der Waals surface area (Å²) in [6.45, 7) is 5.67. The number of nitrogens with zero attached hydrogens (tertiary/aromatic N) is 1. The molecule has 0 aromatic heterocycles. The lowest BCUT2D eigenvalue weighted by atomic mass is 9.68. The molecule has 4 aliphatic rings. The maximum absolute atomic E-state index is 13.4. The number of sulfonamides is 1. The van der Waals surface area contributed by atoms with Crippen molar-refractivity contribution in [2.45, 2.75) is 75.2 Å². The lowest BCUT2D eigenvalue weighted by Crippen LogP contribution is -2.49. The number of aliphatic hydroxyl groups excluding tert-OH is 1. The van der Waals surface area contributed by atoms with Gasteiger partial charge in [-0.05, 0) is 97.2 Å². The van der Waals surface area contributed by atoms with Crippen molar-refractivity contribution in [2.75, 3.05) is 24.6 Å². The van der Waals surface area contributed by atoms with Crippen molar-refractivity contribution >= 4 is 33.2 Å². The van der Waals surface area contributed by atoms with Crippen LogP contribution in [0.15, 0.2) is 53.4 Å². The third kappa shape index (κ3) is 5.63. The number of fused-ring (bicyclic) bond motifs is 4. The Morgan fingerprint density at radius 2 is 1.98 bits per heavy atom. The molecule has 2 heterocycles. The molecule has 1 saturated carbocycles. The van der Waals surface area contributed by atoms with E-state index in [4.69, 9.17) is 16.3 Å². The number of aryl methyl sites for hydroxylation is 1. The molecule has 4 atom stereocenters. The molecular formula is C32H39ClN2O5S. The van der Waals surface area contributed by atoms with Crippen molar-refractivity contribution in [2.24, 2.45) is 17.3 Å². The molecule has 1 amide bonds. The highest BCUT2D eigenvalue weighted by atomic mass is 35.5. The summed E-state index contributed by atoms with van der Waals surface area (Å²) in [5.41, 5.74) is 2.45. The van der Waals surface area contributed by atoms with Crippen LogP contribution in [0.2, 0.25) is 5.02 Å². The first-order chi connectivity index (χ1) is 19.4. The second kappa shape index (κ2) is 10.6. The van der Waals surface area contributed by atoms with Crippen LogP contribution in [0.25, 0.3) is 0 Å². The molecule has 1 spiro atoms. The zero-order valence-corrected chi connectivity index (χ0v) is 25.3. The van der Waals surface area contributed by atoms with E-state index in [1.54, 1.807) is 12.1 Å². The van der Waals surface area contributed by atoms with E-state index in [1.165, 1.54) is 17.2 Å². The van der Waals surface area contributed by atoms with Crippen LogP contribution < -0.4 is 14.4 Å². The monoisotopic (exact) mass is 598 g/mol. The van der Waals surface area contributed by atoms with Crippen LogP contribution in [0.1, 0.15) is 63.5 Å². The summed E-state index contributed by atoms with van der Waals surface area (Å²) in [4.78, 5) is 15.2. The van der Waals surface area contributed by atoms with Gasteiger partial charge in [0.1, 0.15) is 5.75 Å². The van der Waals surface area contributed by atoms with Crippen LogP contribution >= 0.6 is 11.6 Å². The average molecular weight is 599 g/mol. The minimum Gasteiger partial charge on any atom is -0.490 e. The Labute approximate surface area is 248 Å². The summed E-state index contributed by atoms with van der Waals surface area (Å²) in [6, 6.07) is 11.0. The first-order valence-electron chi connectivity index (χ1n) is 14.7. The lowest BCUT2D eigenvalue weighted by Gasteiger charge is -2.45. The Kier molecular flexibility index (Phi) is 7.40. The molecule has 0 saturated heterocycles. The van der Waals surface area contributed by atoms with E-state index >= 15 is 0 Å². The topological polar surface area (TPSA) is 95.9 Å². The molecular weight excluding hydrogens is 560 g/mol. The minimum absolute atomic E-state index is 0.0416. The van der Waals surface area contributed by atoms with E-state index in [9.17, 15) is 18.3 Å².